The molecule has 0 bridgehead atoms. The summed E-state index contributed by atoms with van der Waals surface area (Å²) in [5.74, 6) is -2.48. The third-order valence-corrected chi connectivity index (χ3v) is 4.08. The Morgan fingerprint density at radius 2 is 1.69 bits per heavy atom. The molecule has 2 rings (SSSR count). The maximum absolute atomic E-state index is 14.5. The van der Waals surface area contributed by atoms with E-state index in [2.05, 4.69) is 5.32 Å². The van der Waals surface area contributed by atoms with E-state index in [4.69, 9.17) is 5.11 Å². The summed E-state index contributed by atoms with van der Waals surface area (Å²) in [4.78, 5) is 11.1. The molecule has 3 nitrogen and oxygen atoms in total. The van der Waals surface area contributed by atoms with Gasteiger partial charge in [-0.2, -0.15) is 13.2 Å². The van der Waals surface area contributed by atoms with Crippen molar-refractivity contribution in [3.8, 4) is 0 Å². The molecular weight excluding hydrogens is 350 g/mol. The van der Waals surface area contributed by atoms with Crippen molar-refractivity contribution < 1.29 is 27.5 Å². The number of rotatable bonds is 6. The fourth-order valence-electron chi connectivity index (χ4n) is 2.76. The summed E-state index contributed by atoms with van der Waals surface area (Å²) >= 11 is 0. The van der Waals surface area contributed by atoms with Crippen LogP contribution in [0.3, 0.4) is 0 Å². The SMILES string of the molecule is CCc1ccc(Nc2ccc(CC)c(C(F)(F)F)c2F)c(CC(=O)O)c1. The summed E-state index contributed by atoms with van der Waals surface area (Å²) in [5.41, 5.74) is -0.247. The Hall–Kier alpha value is -2.57. The van der Waals surface area contributed by atoms with Gasteiger partial charge in [-0.1, -0.05) is 32.0 Å². The van der Waals surface area contributed by atoms with Gasteiger partial charge < -0.3 is 10.4 Å². The number of halogens is 4. The van der Waals surface area contributed by atoms with Crippen molar-refractivity contribution in [2.24, 2.45) is 0 Å². The van der Waals surface area contributed by atoms with Gasteiger partial charge in [0.1, 0.15) is 0 Å². The molecule has 0 saturated heterocycles. The van der Waals surface area contributed by atoms with E-state index in [0.717, 1.165) is 5.56 Å². The van der Waals surface area contributed by atoms with E-state index >= 15 is 0 Å². The van der Waals surface area contributed by atoms with Crippen LogP contribution in [0.2, 0.25) is 0 Å². The van der Waals surface area contributed by atoms with Crippen LogP contribution in [-0.4, -0.2) is 11.1 Å². The number of carboxylic acid groups (broad SMARTS) is 1. The van der Waals surface area contributed by atoms with E-state index in [9.17, 15) is 22.4 Å². The van der Waals surface area contributed by atoms with Crippen molar-refractivity contribution in [1.82, 2.24) is 0 Å². The first-order valence-corrected chi connectivity index (χ1v) is 8.16. The summed E-state index contributed by atoms with van der Waals surface area (Å²) in [6.45, 7) is 3.41. The standard InChI is InChI=1S/C19H19F4NO2/c1-3-11-5-7-14(13(9-11)10-16(25)26)24-15-8-6-12(4-2)17(18(15)20)19(21,22)23/h5-9,24H,3-4,10H2,1-2H3,(H,25,26). The van der Waals surface area contributed by atoms with Gasteiger partial charge in [0, 0.05) is 5.69 Å². The maximum Gasteiger partial charge on any atom is 0.419 e. The van der Waals surface area contributed by atoms with Crippen molar-refractivity contribution >= 4 is 17.3 Å². The zero-order valence-corrected chi connectivity index (χ0v) is 14.4. The first kappa shape index (κ1) is 19.8. The van der Waals surface area contributed by atoms with Gasteiger partial charge in [-0.3, -0.25) is 4.79 Å². The lowest BCUT2D eigenvalue weighted by Gasteiger charge is -2.18. The largest absolute Gasteiger partial charge is 0.481 e. The lowest BCUT2D eigenvalue weighted by atomic mass is 10.0. The van der Waals surface area contributed by atoms with Crippen LogP contribution in [0.25, 0.3) is 0 Å². The molecule has 2 N–H and O–H groups in total. The minimum absolute atomic E-state index is 0.0432. The van der Waals surface area contributed by atoms with Crippen LogP contribution in [0.15, 0.2) is 30.3 Å². The summed E-state index contributed by atoms with van der Waals surface area (Å²) in [5, 5.41) is 11.7. The van der Waals surface area contributed by atoms with Crippen LogP contribution < -0.4 is 5.32 Å². The third-order valence-electron chi connectivity index (χ3n) is 4.08. The predicted octanol–water partition coefficient (Wildman–Crippen LogP) is 5.34. The topological polar surface area (TPSA) is 49.3 Å². The minimum Gasteiger partial charge on any atom is -0.481 e. The van der Waals surface area contributed by atoms with Crippen molar-refractivity contribution in [2.75, 3.05) is 5.32 Å². The van der Waals surface area contributed by atoms with E-state index in [1.807, 2.05) is 6.92 Å². The summed E-state index contributed by atoms with van der Waals surface area (Å²) in [6.07, 6.45) is -4.42. The van der Waals surface area contributed by atoms with Gasteiger partial charge in [0.2, 0.25) is 0 Å². The Balaban J connectivity index is 2.50. The van der Waals surface area contributed by atoms with Crippen LogP contribution in [0, 0.1) is 5.82 Å². The van der Waals surface area contributed by atoms with Crippen LogP contribution in [-0.2, 0) is 30.2 Å². The molecule has 2 aromatic rings. The average Bonchev–Trinajstić information content (AvgIpc) is 2.56. The molecule has 0 aliphatic carbocycles. The van der Waals surface area contributed by atoms with Gasteiger partial charge in [-0.25, -0.2) is 4.39 Å². The Morgan fingerprint density at radius 1 is 1.04 bits per heavy atom. The van der Waals surface area contributed by atoms with Crippen LogP contribution >= 0.6 is 0 Å². The summed E-state index contributed by atoms with van der Waals surface area (Å²) in [7, 11) is 0. The number of aliphatic carboxylic acids is 1. The monoisotopic (exact) mass is 369 g/mol. The van der Waals surface area contributed by atoms with E-state index in [1.165, 1.54) is 19.1 Å². The number of carbonyl (C=O) groups is 1. The van der Waals surface area contributed by atoms with Gasteiger partial charge in [0.15, 0.2) is 5.82 Å². The van der Waals surface area contributed by atoms with Gasteiger partial charge >= 0.3 is 12.1 Å². The number of benzene rings is 2. The highest BCUT2D eigenvalue weighted by Crippen LogP contribution is 2.38. The van der Waals surface area contributed by atoms with Gasteiger partial charge in [0.05, 0.1) is 17.7 Å². The number of aryl methyl sites for hydroxylation is 2. The van der Waals surface area contributed by atoms with Gasteiger partial charge in [0.25, 0.3) is 0 Å². The second kappa shape index (κ2) is 7.76. The van der Waals surface area contributed by atoms with Crippen molar-refractivity contribution in [2.45, 2.75) is 39.3 Å². The first-order chi connectivity index (χ1) is 12.2. The Labute approximate surface area is 148 Å². The zero-order valence-electron chi connectivity index (χ0n) is 14.4. The summed E-state index contributed by atoms with van der Waals surface area (Å²) in [6, 6.07) is 7.39. The van der Waals surface area contributed by atoms with Gasteiger partial charge in [-0.05, 0) is 41.7 Å². The third kappa shape index (κ3) is 4.33. The number of hydrogen-bond donors (Lipinski definition) is 2. The molecule has 0 heterocycles. The second-order valence-corrected chi connectivity index (χ2v) is 5.85. The molecule has 0 aliphatic heterocycles. The molecular formula is C19H19F4NO2. The molecule has 0 atom stereocenters. The number of nitrogens with one attached hydrogen (secondary N) is 1. The molecule has 2 aromatic carbocycles. The Kier molecular flexibility index (Phi) is 5.90. The summed E-state index contributed by atoms with van der Waals surface area (Å²) < 4.78 is 54.2. The van der Waals surface area contributed by atoms with E-state index < -0.39 is 23.5 Å². The minimum atomic E-state index is -4.82. The number of alkyl halides is 3. The van der Waals surface area contributed by atoms with E-state index in [-0.39, 0.29) is 29.8 Å². The van der Waals surface area contributed by atoms with Crippen LogP contribution in [0.1, 0.15) is 36.1 Å². The molecule has 0 spiro atoms. The molecule has 0 saturated carbocycles. The maximum atomic E-state index is 14.5. The second-order valence-electron chi connectivity index (χ2n) is 5.85. The number of hydrogen-bond acceptors (Lipinski definition) is 2. The molecule has 0 aromatic heterocycles. The molecule has 0 aliphatic rings. The van der Waals surface area contributed by atoms with Crippen molar-refractivity contribution in [1.29, 1.82) is 0 Å². The fourth-order valence-corrected chi connectivity index (χ4v) is 2.76. The van der Waals surface area contributed by atoms with Crippen LogP contribution in [0.5, 0.6) is 0 Å². The predicted molar refractivity (Wildman–Crippen MR) is 91.2 cm³/mol. The molecule has 0 unspecified atom stereocenters. The highest BCUT2D eigenvalue weighted by Gasteiger charge is 2.37. The van der Waals surface area contributed by atoms with E-state index in [0.29, 0.717) is 12.0 Å². The quantitative estimate of drug-likeness (QED) is 0.676. The van der Waals surface area contributed by atoms with Crippen molar-refractivity contribution in [3.63, 3.8) is 0 Å². The van der Waals surface area contributed by atoms with Crippen LogP contribution in [0.4, 0.5) is 28.9 Å². The van der Waals surface area contributed by atoms with E-state index in [1.54, 1.807) is 18.2 Å². The molecule has 26 heavy (non-hydrogen) atoms. The Morgan fingerprint density at radius 3 is 2.23 bits per heavy atom. The normalized spacial score (nSPS) is 11.5. The van der Waals surface area contributed by atoms with Crippen molar-refractivity contribution in [3.05, 3.63) is 58.4 Å². The lowest BCUT2D eigenvalue weighted by molar-refractivity contribution is -0.140. The molecule has 0 radical (unpaired) electrons. The average molecular weight is 369 g/mol. The van der Waals surface area contributed by atoms with Gasteiger partial charge in [-0.15, -0.1) is 0 Å². The lowest BCUT2D eigenvalue weighted by Crippen LogP contribution is -2.14. The number of anilines is 2. The smallest absolute Gasteiger partial charge is 0.419 e. The molecule has 0 fully saturated rings. The Bertz CT molecular complexity index is 816. The zero-order chi connectivity index (χ0) is 19.5. The molecule has 0 amide bonds. The highest BCUT2D eigenvalue weighted by molar-refractivity contribution is 5.75. The number of carboxylic acids is 1. The molecule has 140 valence electrons. The molecule has 7 heteroatoms. The fraction of sp³-hybridized carbons (Fsp3) is 0.316. The first-order valence-electron chi connectivity index (χ1n) is 8.16. The highest BCUT2D eigenvalue weighted by atomic mass is 19.4.